The van der Waals surface area contributed by atoms with Crippen LogP contribution in [0.2, 0.25) is 0 Å². The van der Waals surface area contributed by atoms with Crippen LogP contribution in [-0.2, 0) is 17.5 Å². The predicted molar refractivity (Wildman–Crippen MR) is 102 cm³/mol. The van der Waals surface area contributed by atoms with Crippen molar-refractivity contribution in [1.29, 1.82) is 5.26 Å². The summed E-state index contributed by atoms with van der Waals surface area (Å²) >= 11 is 0. The van der Waals surface area contributed by atoms with Crippen molar-refractivity contribution in [2.24, 2.45) is 5.92 Å². The molecule has 0 N–H and O–H groups in total. The molecule has 1 fully saturated rings. The van der Waals surface area contributed by atoms with Crippen molar-refractivity contribution in [3.8, 4) is 11.9 Å². The second-order valence-electron chi connectivity index (χ2n) is 7.60. The van der Waals surface area contributed by atoms with E-state index in [2.05, 4.69) is 15.0 Å². The van der Waals surface area contributed by atoms with Crippen LogP contribution in [0.1, 0.15) is 42.2 Å². The lowest BCUT2D eigenvalue weighted by atomic mass is 9.94. The van der Waals surface area contributed by atoms with Crippen molar-refractivity contribution in [2.45, 2.75) is 32.1 Å². The van der Waals surface area contributed by atoms with Gasteiger partial charge in [0, 0.05) is 37.3 Å². The molecule has 1 amide bonds. The molecule has 2 aliphatic heterocycles. The third kappa shape index (κ3) is 3.85. The molecule has 1 atom stereocenters. The maximum Gasteiger partial charge on any atom is 0.433 e. The number of anilines is 1. The van der Waals surface area contributed by atoms with Gasteiger partial charge in [-0.15, -0.1) is 0 Å². The number of hydrogen-bond acceptors (Lipinski definition) is 7. The Morgan fingerprint density at radius 3 is 2.74 bits per heavy atom. The van der Waals surface area contributed by atoms with E-state index in [1.807, 2.05) is 13.0 Å². The first-order chi connectivity index (χ1) is 14.7. The highest BCUT2D eigenvalue weighted by Crippen LogP contribution is 2.38. The van der Waals surface area contributed by atoms with Crippen molar-refractivity contribution in [3.63, 3.8) is 0 Å². The zero-order valence-corrected chi connectivity index (χ0v) is 16.8. The van der Waals surface area contributed by atoms with E-state index in [1.54, 1.807) is 9.80 Å². The molecule has 4 heterocycles. The van der Waals surface area contributed by atoms with Gasteiger partial charge in [-0.1, -0.05) is 0 Å². The molecule has 2 aliphatic rings. The molecule has 0 aliphatic carbocycles. The molecule has 4 rings (SSSR count). The maximum atomic E-state index is 12.9. The van der Waals surface area contributed by atoms with Gasteiger partial charge >= 0.3 is 6.18 Å². The number of ether oxygens (including phenoxy) is 1. The average Bonchev–Trinajstić information content (AvgIpc) is 3.05. The minimum Gasteiger partial charge on any atom is -0.481 e. The van der Waals surface area contributed by atoms with Gasteiger partial charge < -0.3 is 14.5 Å². The highest BCUT2D eigenvalue weighted by molar-refractivity contribution is 5.78. The number of halogens is 3. The minimum absolute atomic E-state index is 0.0121. The van der Waals surface area contributed by atoms with Crippen LogP contribution in [0.3, 0.4) is 0 Å². The van der Waals surface area contributed by atoms with Gasteiger partial charge in [0.15, 0.2) is 0 Å². The number of fused-ring (bicyclic) bond motifs is 1. The van der Waals surface area contributed by atoms with Crippen molar-refractivity contribution >= 4 is 11.6 Å². The number of hydrogen-bond donors (Lipinski definition) is 0. The lowest BCUT2D eigenvalue weighted by molar-refractivity contribution is -0.141. The fourth-order valence-corrected chi connectivity index (χ4v) is 4.00. The van der Waals surface area contributed by atoms with Crippen molar-refractivity contribution in [3.05, 3.63) is 41.1 Å². The molecule has 0 saturated carbocycles. The maximum absolute atomic E-state index is 12.9. The fraction of sp³-hybridized carbons (Fsp3) is 0.450. The Kier molecular flexibility index (Phi) is 5.16. The summed E-state index contributed by atoms with van der Waals surface area (Å²) < 4.78 is 43.8. The van der Waals surface area contributed by atoms with E-state index in [1.165, 1.54) is 13.2 Å². The first kappa shape index (κ1) is 20.8. The molecule has 2 aromatic heterocycles. The number of pyridine rings is 1. The SMILES string of the molecule is COc1nc(C#N)nc2c1CN(C(=O)CC1CN(c3ccnc(C(F)(F)F)c3)C1)C2C. The summed E-state index contributed by atoms with van der Waals surface area (Å²) in [6.07, 6.45) is -3.08. The molecular weight excluding hydrogens is 413 g/mol. The zero-order chi connectivity index (χ0) is 22.3. The van der Waals surface area contributed by atoms with Gasteiger partial charge in [0.1, 0.15) is 11.8 Å². The van der Waals surface area contributed by atoms with Gasteiger partial charge in [0.2, 0.25) is 17.6 Å². The largest absolute Gasteiger partial charge is 0.481 e. The lowest BCUT2D eigenvalue weighted by Gasteiger charge is -2.41. The monoisotopic (exact) mass is 432 g/mol. The highest BCUT2D eigenvalue weighted by Gasteiger charge is 2.38. The Bertz CT molecular complexity index is 1060. The molecular formula is C20H19F3N6O2. The van der Waals surface area contributed by atoms with Crippen LogP contribution in [0.15, 0.2) is 18.3 Å². The Labute approximate surface area is 176 Å². The van der Waals surface area contributed by atoms with Crippen LogP contribution in [0.5, 0.6) is 5.88 Å². The van der Waals surface area contributed by atoms with Gasteiger partial charge in [-0.3, -0.25) is 9.78 Å². The summed E-state index contributed by atoms with van der Waals surface area (Å²) in [5, 5.41) is 9.11. The number of methoxy groups -OCH3 is 1. The van der Waals surface area contributed by atoms with Gasteiger partial charge in [-0.2, -0.15) is 23.4 Å². The second kappa shape index (κ2) is 7.68. The smallest absolute Gasteiger partial charge is 0.433 e. The quantitative estimate of drug-likeness (QED) is 0.733. The molecule has 2 aromatic rings. The summed E-state index contributed by atoms with van der Waals surface area (Å²) in [5.41, 5.74) is 0.800. The van der Waals surface area contributed by atoms with Crippen LogP contribution in [0.25, 0.3) is 0 Å². The standard InChI is InChI=1S/C20H19F3N6O2/c1-11-18-14(19(31-2)27-16(7-24)26-18)10-29(11)17(30)5-12-8-28(9-12)13-3-4-25-15(6-13)20(21,22)23/h3-4,6,11-12H,5,8-10H2,1-2H3. The molecule has 0 bridgehead atoms. The molecule has 1 saturated heterocycles. The number of nitrogens with zero attached hydrogens (tertiary/aromatic N) is 6. The highest BCUT2D eigenvalue weighted by atomic mass is 19.4. The second-order valence-corrected chi connectivity index (χ2v) is 7.60. The third-order valence-corrected chi connectivity index (χ3v) is 5.63. The topological polar surface area (TPSA) is 95.2 Å². The molecule has 31 heavy (non-hydrogen) atoms. The zero-order valence-electron chi connectivity index (χ0n) is 16.8. The number of carbonyl (C=O) groups excluding carboxylic acids is 1. The average molecular weight is 432 g/mol. The van der Waals surface area contributed by atoms with E-state index < -0.39 is 11.9 Å². The fourth-order valence-electron chi connectivity index (χ4n) is 4.00. The summed E-state index contributed by atoms with van der Waals surface area (Å²) in [5.74, 6) is 0.230. The van der Waals surface area contributed by atoms with Crippen LogP contribution in [0.4, 0.5) is 18.9 Å². The van der Waals surface area contributed by atoms with Crippen molar-refractivity contribution in [1.82, 2.24) is 19.9 Å². The summed E-state index contributed by atoms with van der Waals surface area (Å²) in [7, 11) is 1.45. The normalized spacial score (nSPS) is 18.4. The lowest BCUT2D eigenvalue weighted by Crippen LogP contribution is -2.48. The van der Waals surface area contributed by atoms with Crippen molar-refractivity contribution in [2.75, 3.05) is 25.1 Å². The van der Waals surface area contributed by atoms with Gasteiger partial charge in [-0.25, -0.2) is 4.98 Å². The minimum atomic E-state index is -4.49. The summed E-state index contributed by atoms with van der Waals surface area (Å²) in [6.45, 7) is 3.11. The summed E-state index contributed by atoms with van der Waals surface area (Å²) in [6, 6.07) is 4.13. The van der Waals surface area contributed by atoms with E-state index in [9.17, 15) is 18.0 Å². The van der Waals surface area contributed by atoms with E-state index in [4.69, 9.17) is 10.00 Å². The third-order valence-electron chi connectivity index (χ3n) is 5.63. The van der Waals surface area contributed by atoms with Crippen LogP contribution in [-0.4, -0.2) is 46.0 Å². The summed E-state index contributed by atoms with van der Waals surface area (Å²) in [4.78, 5) is 28.0. The Morgan fingerprint density at radius 2 is 2.10 bits per heavy atom. The van der Waals surface area contributed by atoms with E-state index >= 15 is 0 Å². The Balaban J connectivity index is 1.39. The molecule has 162 valence electrons. The van der Waals surface area contributed by atoms with Crippen LogP contribution < -0.4 is 9.64 Å². The van der Waals surface area contributed by atoms with Gasteiger partial charge in [0.05, 0.1) is 31.0 Å². The number of rotatable bonds is 4. The van der Waals surface area contributed by atoms with Crippen molar-refractivity contribution < 1.29 is 22.7 Å². The van der Waals surface area contributed by atoms with Gasteiger partial charge in [-0.05, 0) is 19.1 Å². The number of amides is 1. The van der Waals surface area contributed by atoms with Gasteiger partial charge in [0.25, 0.3) is 0 Å². The molecule has 11 heteroatoms. The van der Waals surface area contributed by atoms with Crippen LogP contribution >= 0.6 is 0 Å². The number of carbonyl (C=O) groups is 1. The number of aromatic nitrogens is 3. The molecule has 1 unspecified atom stereocenters. The first-order valence-corrected chi connectivity index (χ1v) is 9.63. The molecule has 0 aromatic carbocycles. The van der Waals surface area contributed by atoms with E-state index in [0.717, 1.165) is 12.3 Å². The Morgan fingerprint density at radius 1 is 1.35 bits per heavy atom. The molecule has 0 radical (unpaired) electrons. The Hall–Kier alpha value is -3.42. The number of nitriles is 1. The van der Waals surface area contributed by atoms with Crippen LogP contribution in [0, 0.1) is 17.2 Å². The predicted octanol–water partition coefficient (Wildman–Crippen LogP) is 2.70. The van der Waals surface area contributed by atoms with E-state index in [-0.39, 0.29) is 36.0 Å². The molecule has 8 nitrogen and oxygen atoms in total. The molecule has 0 spiro atoms. The number of alkyl halides is 3. The van der Waals surface area contributed by atoms with E-state index in [0.29, 0.717) is 36.6 Å². The first-order valence-electron chi connectivity index (χ1n) is 9.63.